The monoisotopic (exact) mass is 253 g/mol. The summed E-state index contributed by atoms with van der Waals surface area (Å²) in [4.78, 5) is 0. The minimum Gasteiger partial charge on any atom is -0.382 e. The predicted octanol–water partition coefficient (Wildman–Crippen LogP) is 2.32. The Kier molecular flexibility index (Phi) is 6.36. The highest BCUT2D eigenvalue weighted by Gasteiger charge is 2.18. The Morgan fingerprint density at radius 2 is 2.00 bits per heavy atom. The molecule has 1 aromatic rings. The minimum atomic E-state index is 0.297. The largest absolute Gasteiger partial charge is 0.382 e. The summed E-state index contributed by atoms with van der Waals surface area (Å²) in [5.74, 6) is 0. The summed E-state index contributed by atoms with van der Waals surface area (Å²) in [5, 5.41) is 8.18. The van der Waals surface area contributed by atoms with E-state index in [0.29, 0.717) is 12.6 Å². The first-order chi connectivity index (χ1) is 8.69. The molecule has 1 N–H and O–H groups in total. The number of hydrogen-bond acceptors (Lipinski definition) is 3. The van der Waals surface area contributed by atoms with E-state index >= 15 is 0 Å². The van der Waals surface area contributed by atoms with Crippen molar-refractivity contribution >= 4 is 0 Å². The van der Waals surface area contributed by atoms with E-state index in [-0.39, 0.29) is 0 Å². The molecule has 0 aliphatic heterocycles. The molecule has 0 radical (unpaired) electrons. The van der Waals surface area contributed by atoms with E-state index in [4.69, 9.17) is 9.84 Å². The summed E-state index contributed by atoms with van der Waals surface area (Å²) in [6, 6.07) is 0.297. The van der Waals surface area contributed by atoms with Gasteiger partial charge in [0.15, 0.2) is 0 Å². The third-order valence-electron chi connectivity index (χ3n) is 3.25. The molecule has 1 unspecified atom stereocenters. The first-order valence-corrected chi connectivity index (χ1v) is 6.98. The first-order valence-electron chi connectivity index (χ1n) is 6.98. The topological polar surface area (TPSA) is 39.1 Å². The van der Waals surface area contributed by atoms with Gasteiger partial charge in [-0.15, -0.1) is 0 Å². The molecule has 0 saturated heterocycles. The Balaban J connectivity index is 3.06. The molecule has 0 spiro atoms. The number of aromatic nitrogens is 2. The van der Waals surface area contributed by atoms with Crippen molar-refractivity contribution in [2.45, 2.75) is 53.1 Å². The lowest BCUT2D eigenvalue weighted by Gasteiger charge is -2.15. The van der Waals surface area contributed by atoms with Crippen LogP contribution in [-0.2, 0) is 24.1 Å². The average Bonchev–Trinajstić information content (AvgIpc) is 2.74. The first kappa shape index (κ1) is 15.2. The molecule has 0 aliphatic rings. The van der Waals surface area contributed by atoms with Crippen LogP contribution in [-0.4, -0.2) is 30.0 Å². The Labute approximate surface area is 111 Å². The Morgan fingerprint density at radius 3 is 2.50 bits per heavy atom. The van der Waals surface area contributed by atoms with Crippen LogP contribution in [0.5, 0.6) is 0 Å². The minimum absolute atomic E-state index is 0.297. The van der Waals surface area contributed by atoms with Gasteiger partial charge in [0.05, 0.1) is 18.3 Å². The predicted molar refractivity (Wildman–Crippen MR) is 75.0 cm³/mol. The summed E-state index contributed by atoms with van der Waals surface area (Å²) >= 11 is 0. The summed E-state index contributed by atoms with van der Waals surface area (Å²) in [7, 11) is 1.74. The fourth-order valence-electron chi connectivity index (χ4n) is 2.35. The highest BCUT2D eigenvalue weighted by atomic mass is 16.5. The average molecular weight is 253 g/mol. The Hall–Kier alpha value is -0.870. The smallest absolute Gasteiger partial charge is 0.0727 e. The van der Waals surface area contributed by atoms with Crippen LogP contribution in [0.25, 0.3) is 0 Å². The van der Waals surface area contributed by atoms with Crippen LogP contribution in [0, 0.1) is 0 Å². The molecule has 1 atom stereocenters. The van der Waals surface area contributed by atoms with Gasteiger partial charge in [0.25, 0.3) is 0 Å². The molecule has 0 bridgehead atoms. The van der Waals surface area contributed by atoms with E-state index in [1.165, 1.54) is 17.0 Å². The second-order valence-corrected chi connectivity index (χ2v) is 4.61. The van der Waals surface area contributed by atoms with Crippen molar-refractivity contribution in [3.8, 4) is 0 Å². The van der Waals surface area contributed by atoms with Gasteiger partial charge in [-0.2, -0.15) is 5.10 Å². The molecule has 4 heteroatoms. The number of ether oxygens (including phenoxy) is 1. The van der Waals surface area contributed by atoms with E-state index in [1.54, 1.807) is 7.11 Å². The number of methoxy groups -OCH3 is 1. The third-order valence-corrected chi connectivity index (χ3v) is 3.25. The summed E-state index contributed by atoms with van der Waals surface area (Å²) in [6.07, 6.45) is 2.00. The van der Waals surface area contributed by atoms with E-state index in [2.05, 4.69) is 37.7 Å². The SMILES string of the molecule is CCNCc1c(CC)nn(C(C)COC)c1CC. The van der Waals surface area contributed by atoms with Gasteiger partial charge in [-0.3, -0.25) is 4.68 Å². The zero-order chi connectivity index (χ0) is 13.5. The fraction of sp³-hybridized carbons (Fsp3) is 0.786. The summed E-state index contributed by atoms with van der Waals surface area (Å²) in [5.41, 5.74) is 3.94. The molecule has 0 aromatic carbocycles. The van der Waals surface area contributed by atoms with Crippen LogP contribution >= 0.6 is 0 Å². The molecule has 1 aromatic heterocycles. The zero-order valence-corrected chi connectivity index (χ0v) is 12.4. The van der Waals surface area contributed by atoms with Crippen molar-refractivity contribution in [2.75, 3.05) is 20.3 Å². The number of rotatable bonds is 8. The second-order valence-electron chi connectivity index (χ2n) is 4.61. The van der Waals surface area contributed by atoms with Crippen LogP contribution in [0.1, 0.15) is 50.7 Å². The van der Waals surface area contributed by atoms with Gasteiger partial charge in [-0.1, -0.05) is 20.8 Å². The molecule has 104 valence electrons. The summed E-state index contributed by atoms with van der Waals surface area (Å²) < 4.78 is 7.39. The van der Waals surface area contributed by atoms with Crippen molar-refractivity contribution in [3.05, 3.63) is 17.0 Å². The van der Waals surface area contributed by atoms with E-state index in [9.17, 15) is 0 Å². The van der Waals surface area contributed by atoms with E-state index < -0.39 is 0 Å². The molecule has 1 heterocycles. The van der Waals surface area contributed by atoms with Crippen molar-refractivity contribution in [1.29, 1.82) is 0 Å². The second kappa shape index (κ2) is 7.54. The van der Waals surface area contributed by atoms with Crippen LogP contribution < -0.4 is 5.32 Å². The lowest BCUT2D eigenvalue weighted by molar-refractivity contribution is 0.155. The van der Waals surface area contributed by atoms with Gasteiger partial charge < -0.3 is 10.1 Å². The molecule has 1 rings (SSSR count). The van der Waals surface area contributed by atoms with Gasteiger partial charge >= 0.3 is 0 Å². The fourth-order valence-corrected chi connectivity index (χ4v) is 2.35. The van der Waals surface area contributed by atoms with Crippen molar-refractivity contribution in [2.24, 2.45) is 0 Å². The molecular weight excluding hydrogens is 226 g/mol. The van der Waals surface area contributed by atoms with Crippen molar-refractivity contribution in [1.82, 2.24) is 15.1 Å². The third kappa shape index (κ3) is 3.33. The van der Waals surface area contributed by atoms with Crippen LogP contribution in [0.4, 0.5) is 0 Å². The quantitative estimate of drug-likeness (QED) is 0.773. The van der Waals surface area contributed by atoms with E-state index in [1.807, 2.05) is 0 Å². The molecule has 0 fully saturated rings. The number of hydrogen-bond donors (Lipinski definition) is 1. The maximum absolute atomic E-state index is 5.24. The zero-order valence-electron chi connectivity index (χ0n) is 12.4. The molecule has 18 heavy (non-hydrogen) atoms. The van der Waals surface area contributed by atoms with Crippen molar-refractivity contribution in [3.63, 3.8) is 0 Å². The molecular formula is C14H27N3O. The Bertz CT molecular complexity index is 360. The van der Waals surface area contributed by atoms with Gasteiger partial charge in [0.2, 0.25) is 0 Å². The highest BCUT2D eigenvalue weighted by molar-refractivity contribution is 5.27. The lowest BCUT2D eigenvalue weighted by Crippen LogP contribution is -2.17. The number of nitrogens with zero attached hydrogens (tertiary/aromatic N) is 2. The van der Waals surface area contributed by atoms with Crippen LogP contribution in [0.3, 0.4) is 0 Å². The number of nitrogens with one attached hydrogen (secondary N) is 1. The maximum atomic E-state index is 5.24. The Morgan fingerprint density at radius 1 is 1.28 bits per heavy atom. The molecule has 4 nitrogen and oxygen atoms in total. The molecule has 0 amide bonds. The highest BCUT2D eigenvalue weighted by Crippen LogP contribution is 2.20. The van der Waals surface area contributed by atoms with Crippen LogP contribution in [0.15, 0.2) is 0 Å². The molecule has 0 aliphatic carbocycles. The summed E-state index contributed by atoms with van der Waals surface area (Å²) in [6.45, 7) is 11.3. The maximum Gasteiger partial charge on any atom is 0.0727 e. The van der Waals surface area contributed by atoms with Gasteiger partial charge in [0, 0.05) is 24.9 Å². The van der Waals surface area contributed by atoms with E-state index in [0.717, 1.165) is 25.9 Å². The lowest BCUT2D eigenvalue weighted by atomic mass is 10.1. The molecule has 0 saturated carbocycles. The van der Waals surface area contributed by atoms with Gasteiger partial charge in [-0.25, -0.2) is 0 Å². The van der Waals surface area contributed by atoms with Crippen molar-refractivity contribution < 1.29 is 4.74 Å². The normalized spacial score (nSPS) is 12.9. The van der Waals surface area contributed by atoms with Gasteiger partial charge in [0.1, 0.15) is 0 Å². The standard InChI is InChI=1S/C14H27N3O/c1-6-13-12(9-15-8-3)14(7-2)17(16-13)11(4)10-18-5/h11,15H,6-10H2,1-5H3. The number of aryl methyl sites for hydroxylation is 1. The van der Waals surface area contributed by atoms with Gasteiger partial charge in [-0.05, 0) is 26.3 Å². The van der Waals surface area contributed by atoms with Crippen LogP contribution in [0.2, 0.25) is 0 Å².